The van der Waals surface area contributed by atoms with E-state index in [9.17, 15) is 4.57 Å². The first kappa shape index (κ1) is 56.3. The van der Waals surface area contributed by atoms with Crippen molar-refractivity contribution in [1.29, 1.82) is 0 Å². The van der Waals surface area contributed by atoms with Gasteiger partial charge in [-0.25, -0.2) is 4.57 Å². The molecule has 2 N–H and O–H groups in total. The Bertz CT molecular complexity index is 826. The molecule has 0 aromatic carbocycles. The summed E-state index contributed by atoms with van der Waals surface area (Å²) < 4.78 is 87.1. The van der Waals surface area contributed by atoms with E-state index in [0.29, 0.717) is 172 Å². The highest BCUT2D eigenvalue weighted by molar-refractivity contribution is 7.46. The molecule has 0 saturated heterocycles. The molecule has 0 saturated carbocycles. The SMILES string of the molecule is C=CCOCCOCCOCCOCCOCCOCCOCCOCCOCCOCCOCCOCCOC(CCCCCCCCCC)COP(=O)(O)O. The van der Waals surface area contributed by atoms with Crippen LogP contribution < -0.4 is 0 Å². The summed E-state index contributed by atoms with van der Waals surface area (Å²) in [6, 6.07) is 0. The monoisotopic (exact) mass is 851 g/mol. The van der Waals surface area contributed by atoms with Crippen LogP contribution in [0.4, 0.5) is 0 Å². The molecule has 0 aromatic rings. The molecular formula is C39H79O17P. The smallest absolute Gasteiger partial charge is 0.377 e. The van der Waals surface area contributed by atoms with Gasteiger partial charge in [-0.1, -0.05) is 64.4 Å². The molecule has 0 aliphatic carbocycles. The van der Waals surface area contributed by atoms with E-state index in [-0.39, 0.29) is 12.7 Å². The van der Waals surface area contributed by atoms with E-state index in [1.54, 1.807) is 6.08 Å². The van der Waals surface area contributed by atoms with Crippen molar-refractivity contribution in [3.8, 4) is 0 Å². The molecule has 0 spiro atoms. The van der Waals surface area contributed by atoms with Crippen LogP contribution in [-0.4, -0.2) is 188 Å². The number of ether oxygens (including phenoxy) is 13. The van der Waals surface area contributed by atoms with Crippen molar-refractivity contribution in [2.24, 2.45) is 0 Å². The molecule has 18 heteroatoms. The van der Waals surface area contributed by atoms with Gasteiger partial charge in [-0.2, -0.15) is 0 Å². The Balaban J connectivity index is 3.33. The lowest BCUT2D eigenvalue weighted by atomic mass is 10.1. The van der Waals surface area contributed by atoms with Crippen molar-refractivity contribution in [2.75, 3.05) is 172 Å². The van der Waals surface area contributed by atoms with Gasteiger partial charge < -0.3 is 71.4 Å². The third kappa shape index (κ3) is 51.4. The highest BCUT2D eigenvalue weighted by Crippen LogP contribution is 2.36. The maximum atomic E-state index is 11.1. The predicted molar refractivity (Wildman–Crippen MR) is 215 cm³/mol. The summed E-state index contributed by atoms with van der Waals surface area (Å²) in [5, 5.41) is 0. The van der Waals surface area contributed by atoms with Gasteiger partial charge in [0.15, 0.2) is 0 Å². The molecule has 342 valence electrons. The summed E-state index contributed by atoms with van der Waals surface area (Å²) in [5.74, 6) is 0. The molecule has 17 nitrogen and oxygen atoms in total. The van der Waals surface area contributed by atoms with E-state index >= 15 is 0 Å². The lowest BCUT2D eigenvalue weighted by Crippen LogP contribution is -2.22. The summed E-state index contributed by atoms with van der Waals surface area (Å²) in [6.07, 6.45) is 11.4. The molecule has 57 heavy (non-hydrogen) atoms. The average molecular weight is 851 g/mol. The van der Waals surface area contributed by atoms with Crippen LogP contribution in [0.25, 0.3) is 0 Å². The van der Waals surface area contributed by atoms with Crippen molar-refractivity contribution in [2.45, 2.75) is 70.8 Å². The zero-order valence-corrected chi connectivity index (χ0v) is 36.0. The molecule has 0 aliphatic rings. The number of hydrogen-bond acceptors (Lipinski definition) is 15. The molecule has 0 heterocycles. The molecule has 1 unspecified atom stereocenters. The fourth-order valence-electron chi connectivity index (χ4n) is 4.76. The van der Waals surface area contributed by atoms with Gasteiger partial charge in [0.2, 0.25) is 0 Å². The fourth-order valence-corrected chi connectivity index (χ4v) is 5.12. The van der Waals surface area contributed by atoms with Crippen molar-refractivity contribution in [3.05, 3.63) is 12.7 Å². The van der Waals surface area contributed by atoms with Crippen LogP contribution in [0.1, 0.15) is 64.7 Å². The van der Waals surface area contributed by atoms with E-state index in [1.165, 1.54) is 32.1 Å². The van der Waals surface area contributed by atoms with Crippen molar-refractivity contribution in [3.63, 3.8) is 0 Å². The maximum Gasteiger partial charge on any atom is 0.469 e. The Morgan fingerprint density at radius 2 is 0.719 bits per heavy atom. The summed E-state index contributed by atoms with van der Waals surface area (Å²) in [5.41, 5.74) is 0. The number of rotatable bonds is 51. The third-order valence-electron chi connectivity index (χ3n) is 7.72. The largest absolute Gasteiger partial charge is 0.469 e. The van der Waals surface area contributed by atoms with E-state index in [4.69, 9.17) is 71.4 Å². The number of unbranched alkanes of at least 4 members (excludes halogenated alkanes) is 7. The standard InChI is InChI=1S/C39H79O17P/c1-3-5-6-7-8-9-10-11-12-39(38-56-57(40,41)42)55-37-36-54-35-34-53-33-32-52-31-30-51-29-28-50-27-26-49-25-24-48-23-22-47-21-20-46-19-18-45-17-16-44-15-14-43-13-4-2/h4,39H,2-3,5-38H2,1H3,(H2,40,41,42). The molecule has 1 atom stereocenters. The van der Waals surface area contributed by atoms with Crippen LogP contribution in [0.3, 0.4) is 0 Å². The first-order chi connectivity index (χ1) is 28.0. The van der Waals surface area contributed by atoms with Crippen LogP contribution in [0.2, 0.25) is 0 Å². The minimum absolute atomic E-state index is 0.141. The van der Waals surface area contributed by atoms with Crippen LogP contribution in [0, 0.1) is 0 Å². The minimum Gasteiger partial charge on any atom is -0.377 e. The van der Waals surface area contributed by atoms with Crippen LogP contribution in [-0.2, 0) is 70.7 Å². The van der Waals surface area contributed by atoms with Gasteiger partial charge in [0.25, 0.3) is 0 Å². The number of phosphoric ester groups is 1. The van der Waals surface area contributed by atoms with Crippen LogP contribution in [0.15, 0.2) is 12.7 Å². The Kier molecular flexibility index (Phi) is 47.4. The van der Waals surface area contributed by atoms with Crippen LogP contribution >= 0.6 is 7.82 Å². The second-order valence-electron chi connectivity index (χ2n) is 12.6. The summed E-state index contributed by atoms with van der Waals surface area (Å²) in [7, 11) is -4.54. The van der Waals surface area contributed by atoms with E-state index < -0.39 is 7.82 Å². The minimum atomic E-state index is -4.54. The molecular weight excluding hydrogens is 771 g/mol. The predicted octanol–water partition coefficient (Wildman–Crippen LogP) is 4.40. The lowest BCUT2D eigenvalue weighted by molar-refractivity contribution is -0.0383. The van der Waals surface area contributed by atoms with E-state index in [0.717, 1.165) is 19.3 Å². The summed E-state index contributed by atoms with van der Waals surface area (Å²) >= 11 is 0. The molecule has 0 rings (SSSR count). The normalized spacial score (nSPS) is 12.5. The molecule has 0 aromatic heterocycles. The van der Waals surface area contributed by atoms with Gasteiger partial charge in [-0.15, -0.1) is 6.58 Å². The van der Waals surface area contributed by atoms with Gasteiger partial charge in [-0.05, 0) is 6.42 Å². The highest BCUT2D eigenvalue weighted by atomic mass is 31.2. The van der Waals surface area contributed by atoms with Crippen molar-refractivity contribution < 1.29 is 80.5 Å². The Labute approximate surface area is 343 Å². The highest BCUT2D eigenvalue weighted by Gasteiger charge is 2.18. The van der Waals surface area contributed by atoms with Crippen LogP contribution in [0.5, 0.6) is 0 Å². The fraction of sp³-hybridized carbons (Fsp3) is 0.949. The molecule has 0 aliphatic heterocycles. The number of phosphoric acid groups is 1. The average Bonchev–Trinajstić information content (AvgIpc) is 3.19. The van der Waals surface area contributed by atoms with Gasteiger partial charge in [0.1, 0.15) is 0 Å². The maximum absolute atomic E-state index is 11.1. The van der Waals surface area contributed by atoms with Gasteiger partial charge in [-0.3, -0.25) is 4.52 Å². The first-order valence-corrected chi connectivity index (χ1v) is 22.4. The van der Waals surface area contributed by atoms with Gasteiger partial charge in [0.05, 0.1) is 178 Å². The number of hydrogen-bond donors (Lipinski definition) is 2. The molecule has 0 fully saturated rings. The Hall–Kier alpha value is -0.670. The third-order valence-corrected chi connectivity index (χ3v) is 8.20. The van der Waals surface area contributed by atoms with Gasteiger partial charge in [0, 0.05) is 0 Å². The van der Waals surface area contributed by atoms with Crippen molar-refractivity contribution >= 4 is 7.82 Å². The second kappa shape index (κ2) is 48.0. The lowest BCUT2D eigenvalue weighted by Gasteiger charge is -2.18. The first-order valence-electron chi connectivity index (χ1n) is 20.8. The molecule has 0 amide bonds. The zero-order valence-electron chi connectivity index (χ0n) is 35.1. The van der Waals surface area contributed by atoms with E-state index in [1.807, 2.05) is 0 Å². The van der Waals surface area contributed by atoms with Crippen molar-refractivity contribution in [1.82, 2.24) is 0 Å². The second-order valence-corrected chi connectivity index (χ2v) is 13.9. The Morgan fingerprint density at radius 1 is 0.439 bits per heavy atom. The Morgan fingerprint density at radius 3 is 1.02 bits per heavy atom. The van der Waals surface area contributed by atoms with E-state index in [2.05, 4.69) is 18.0 Å². The van der Waals surface area contributed by atoms with Gasteiger partial charge >= 0.3 is 7.82 Å². The zero-order chi connectivity index (χ0) is 41.4. The summed E-state index contributed by atoms with van der Waals surface area (Å²) in [6.45, 7) is 17.6. The quantitative estimate of drug-likeness (QED) is 0.0498. The molecule has 0 radical (unpaired) electrons. The molecule has 0 bridgehead atoms. The topological polar surface area (TPSA) is 187 Å². The summed E-state index contributed by atoms with van der Waals surface area (Å²) in [4.78, 5) is 18.1.